The third-order valence-electron chi connectivity index (χ3n) is 4.25. The third kappa shape index (κ3) is 1.68. The zero-order valence-electron chi connectivity index (χ0n) is 11.3. The Kier molecular flexibility index (Phi) is 2.62. The summed E-state index contributed by atoms with van der Waals surface area (Å²) in [6.45, 7) is 0. The number of nitrogens with zero attached hydrogens (tertiary/aromatic N) is 1. The van der Waals surface area contributed by atoms with Gasteiger partial charge >= 0.3 is 0 Å². The molecule has 1 aliphatic rings. The van der Waals surface area contributed by atoms with Crippen molar-refractivity contribution in [3.63, 3.8) is 0 Å². The first-order valence-electron chi connectivity index (χ1n) is 7.22. The molecule has 2 heteroatoms. The lowest BCUT2D eigenvalue weighted by molar-refractivity contribution is 0.629. The summed E-state index contributed by atoms with van der Waals surface area (Å²) >= 11 is 0. The van der Waals surface area contributed by atoms with Gasteiger partial charge in [0.15, 0.2) is 0 Å². The van der Waals surface area contributed by atoms with Crippen molar-refractivity contribution in [1.29, 1.82) is 0 Å². The first kappa shape index (κ1) is 11.7. The number of hydrogen-bond donors (Lipinski definition) is 0. The summed E-state index contributed by atoms with van der Waals surface area (Å²) in [5.41, 5.74) is 4.91. The maximum atomic E-state index is 13.7. The Morgan fingerprint density at radius 3 is 2.55 bits per heavy atom. The van der Waals surface area contributed by atoms with E-state index in [0.29, 0.717) is 0 Å². The van der Waals surface area contributed by atoms with Crippen molar-refractivity contribution in [3.05, 3.63) is 65.6 Å². The number of benzene rings is 2. The number of aromatic nitrogens is 1. The van der Waals surface area contributed by atoms with Crippen LogP contribution in [0.25, 0.3) is 16.6 Å². The zero-order chi connectivity index (χ0) is 13.5. The van der Waals surface area contributed by atoms with Crippen LogP contribution in [0.2, 0.25) is 0 Å². The minimum absolute atomic E-state index is 0.162. The molecule has 20 heavy (non-hydrogen) atoms. The summed E-state index contributed by atoms with van der Waals surface area (Å²) in [6, 6.07) is 15.5. The van der Waals surface area contributed by atoms with Gasteiger partial charge in [0.2, 0.25) is 0 Å². The summed E-state index contributed by atoms with van der Waals surface area (Å²) in [5, 5.41) is 1.21. The minimum atomic E-state index is -0.162. The van der Waals surface area contributed by atoms with E-state index in [-0.39, 0.29) is 5.82 Å². The molecule has 0 spiro atoms. The highest BCUT2D eigenvalue weighted by Gasteiger charge is 2.20. The molecule has 0 unspecified atom stereocenters. The smallest absolute Gasteiger partial charge is 0.125 e. The van der Waals surface area contributed by atoms with Gasteiger partial charge in [-0.1, -0.05) is 18.2 Å². The number of para-hydroxylation sites is 1. The Balaban J connectivity index is 2.10. The fourth-order valence-corrected chi connectivity index (χ4v) is 3.39. The van der Waals surface area contributed by atoms with Crippen molar-refractivity contribution >= 4 is 10.9 Å². The van der Waals surface area contributed by atoms with Gasteiger partial charge in [-0.15, -0.1) is 0 Å². The Morgan fingerprint density at radius 1 is 0.900 bits per heavy atom. The molecule has 0 atom stereocenters. The Morgan fingerprint density at radius 2 is 1.70 bits per heavy atom. The van der Waals surface area contributed by atoms with Gasteiger partial charge < -0.3 is 4.57 Å². The van der Waals surface area contributed by atoms with Crippen LogP contribution in [0.5, 0.6) is 0 Å². The van der Waals surface area contributed by atoms with Crippen molar-refractivity contribution in [2.75, 3.05) is 0 Å². The van der Waals surface area contributed by atoms with Crippen LogP contribution in [0.1, 0.15) is 24.1 Å². The summed E-state index contributed by atoms with van der Waals surface area (Å²) in [5.74, 6) is -0.162. The normalized spacial score (nSPS) is 14.4. The largest absolute Gasteiger partial charge is 0.313 e. The lowest BCUT2D eigenvalue weighted by atomic mass is 9.95. The molecule has 4 rings (SSSR count). The number of halogens is 1. The van der Waals surface area contributed by atoms with Crippen molar-refractivity contribution in [2.45, 2.75) is 25.7 Å². The molecule has 0 bridgehead atoms. The van der Waals surface area contributed by atoms with E-state index >= 15 is 0 Å². The Bertz CT molecular complexity index is 771. The van der Waals surface area contributed by atoms with Crippen molar-refractivity contribution in [1.82, 2.24) is 4.57 Å². The average molecular weight is 265 g/mol. The van der Waals surface area contributed by atoms with Crippen LogP contribution in [0, 0.1) is 5.82 Å². The first-order valence-corrected chi connectivity index (χ1v) is 7.22. The molecule has 0 aliphatic heterocycles. The van der Waals surface area contributed by atoms with E-state index in [1.807, 2.05) is 24.3 Å². The summed E-state index contributed by atoms with van der Waals surface area (Å²) in [6.07, 6.45) is 4.65. The van der Waals surface area contributed by atoms with Crippen LogP contribution in [0.15, 0.2) is 48.5 Å². The van der Waals surface area contributed by atoms with Gasteiger partial charge in [0.05, 0.1) is 5.52 Å². The predicted molar refractivity (Wildman–Crippen MR) is 79.9 cm³/mol. The molecular formula is C18H16FN. The predicted octanol–water partition coefficient (Wildman–Crippen LogP) is 4.65. The second-order valence-corrected chi connectivity index (χ2v) is 5.46. The molecule has 100 valence electrons. The maximum absolute atomic E-state index is 13.7. The first-order chi connectivity index (χ1) is 9.84. The molecule has 1 heterocycles. The number of hydrogen-bond acceptors (Lipinski definition) is 0. The van der Waals surface area contributed by atoms with Crippen molar-refractivity contribution in [3.8, 4) is 5.69 Å². The van der Waals surface area contributed by atoms with E-state index in [2.05, 4.69) is 16.7 Å². The van der Waals surface area contributed by atoms with Crippen LogP contribution in [0.3, 0.4) is 0 Å². The van der Waals surface area contributed by atoms with Gasteiger partial charge in [0.1, 0.15) is 5.82 Å². The lowest BCUT2D eigenvalue weighted by Gasteiger charge is -2.16. The maximum Gasteiger partial charge on any atom is 0.125 e. The van der Waals surface area contributed by atoms with Gasteiger partial charge in [-0.25, -0.2) is 4.39 Å². The van der Waals surface area contributed by atoms with Gasteiger partial charge in [-0.05, 0) is 61.6 Å². The number of rotatable bonds is 1. The molecule has 0 amide bonds. The van der Waals surface area contributed by atoms with Crippen LogP contribution in [-0.2, 0) is 12.8 Å². The van der Waals surface area contributed by atoms with E-state index < -0.39 is 0 Å². The van der Waals surface area contributed by atoms with Crippen LogP contribution in [0.4, 0.5) is 4.39 Å². The molecule has 0 radical (unpaired) electrons. The average Bonchev–Trinajstić information content (AvgIpc) is 2.81. The zero-order valence-corrected chi connectivity index (χ0v) is 11.3. The highest BCUT2D eigenvalue weighted by molar-refractivity contribution is 5.87. The molecule has 0 saturated carbocycles. The van der Waals surface area contributed by atoms with Gasteiger partial charge in [-0.2, -0.15) is 0 Å². The molecule has 1 aliphatic carbocycles. The lowest BCUT2D eigenvalue weighted by Crippen LogP contribution is -2.06. The standard InChI is InChI=1S/C18H16FN/c19-13-10-11-16-15-8-4-5-9-17(15)20(18(16)12-13)14-6-2-1-3-7-14/h1-3,6-7,10-12H,4-5,8-9H2. The molecule has 1 nitrogen and oxygen atoms in total. The molecule has 3 aromatic rings. The molecule has 0 N–H and O–H groups in total. The molecular weight excluding hydrogens is 249 g/mol. The fraction of sp³-hybridized carbons (Fsp3) is 0.222. The second kappa shape index (κ2) is 4.48. The van der Waals surface area contributed by atoms with E-state index in [9.17, 15) is 4.39 Å². The van der Waals surface area contributed by atoms with Crippen LogP contribution < -0.4 is 0 Å². The highest BCUT2D eigenvalue weighted by Crippen LogP contribution is 2.34. The molecule has 1 aromatic heterocycles. The number of fused-ring (bicyclic) bond motifs is 3. The number of aryl methyl sites for hydroxylation is 1. The van der Waals surface area contributed by atoms with E-state index in [1.165, 1.54) is 29.5 Å². The molecule has 2 aromatic carbocycles. The van der Waals surface area contributed by atoms with Crippen LogP contribution >= 0.6 is 0 Å². The van der Waals surface area contributed by atoms with E-state index in [4.69, 9.17) is 0 Å². The van der Waals surface area contributed by atoms with Crippen molar-refractivity contribution in [2.24, 2.45) is 0 Å². The summed E-state index contributed by atoms with van der Waals surface area (Å²) in [4.78, 5) is 0. The quantitative estimate of drug-likeness (QED) is 0.603. The summed E-state index contributed by atoms with van der Waals surface area (Å²) < 4.78 is 15.9. The van der Waals surface area contributed by atoms with E-state index in [1.54, 1.807) is 12.1 Å². The SMILES string of the molecule is Fc1ccc2c3c(n(-c4ccccc4)c2c1)CCCC3. The Hall–Kier alpha value is -2.09. The minimum Gasteiger partial charge on any atom is -0.313 e. The van der Waals surface area contributed by atoms with Crippen molar-refractivity contribution < 1.29 is 4.39 Å². The van der Waals surface area contributed by atoms with Gasteiger partial charge in [0.25, 0.3) is 0 Å². The monoisotopic (exact) mass is 265 g/mol. The highest BCUT2D eigenvalue weighted by atomic mass is 19.1. The fourth-order valence-electron chi connectivity index (χ4n) is 3.39. The molecule has 0 fully saturated rings. The topological polar surface area (TPSA) is 4.93 Å². The van der Waals surface area contributed by atoms with E-state index in [0.717, 1.165) is 24.0 Å². The Labute approximate surface area is 117 Å². The third-order valence-corrected chi connectivity index (χ3v) is 4.25. The second-order valence-electron chi connectivity index (χ2n) is 5.46. The van der Waals surface area contributed by atoms with Gasteiger partial charge in [0, 0.05) is 16.8 Å². The van der Waals surface area contributed by atoms with Crippen LogP contribution in [-0.4, -0.2) is 4.57 Å². The summed E-state index contributed by atoms with van der Waals surface area (Å²) in [7, 11) is 0. The molecule has 0 saturated heterocycles. The van der Waals surface area contributed by atoms with Gasteiger partial charge in [-0.3, -0.25) is 0 Å².